The molecule has 2 heterocycles. The molecule has 2 atom stereocenters. The van der Waals surface area contributed by atoms with E-state index in [0.717, 1.165) is 5.56 Å². The minimum absolute atomic E-state index is 0.0560. The molecule has 0 spiro atoms. The number of ether oxygens (including phenoxy) is 1. The Morgan fingerprint density at radius 3 is 3.10 bits per heavy atom. The second-order valence-electron chi connectivity index (χ2n) is 5.35. The van der Waals surface area contributed by atoms with Gasteiger partial charge in [0, 0.05) is 32.5 Å². The van der Waals surface area contributed by atoms with Gasteiger partial charge < -0.3 is 24.6 Å². The topological polar surface area (TPSA) is 66.7 Å². The van der Waals surface area contributed by atoms with Crippen molar-refractivity contribution in [3.05, 3.63) is 24.0 Å². The van der Waals surface area contributed by atoms with E-state index in [1.54, 1.807) is 11.8 Å². The summed E-state index contributed by atoms with van der Waals surface area (Å²) < 4.78 is 7.34. The van der Waals surface area contributed by atoms with Crippen molar-refractivity contribution in [2.75, 3.05) is 19.8 Å². The van der Waals surface area contributed by atoms with Crippen LogP contribution in [0.5, 0.6) is 0 Å². The Labute approximate surface area is 119 Å². The molecule has 1 fully saturated rings. The van der Waals surface area contributed by atoms with Crippen LogP contribution in [0.1, 0.15) is 18.9 Å². The number of aliphatic hydroxyl groups excluding tert-OH is 1. The van der Waals surface area contributed by atoms with Crippen molar-refractivity contribution in [3.63, 3.8) is 0 Å². The van der Waals surface area contributed by atoms with Gasteiger partial charge in [-0.25, -0.2) is 4.79 Å². The molecule has 0 radical (unpaired) electrons. The van der Waals surface area contributed by atoms with E-state index in [0.29, 0.717) is 32.7 Å². The van der Waals surface area contributed by atoms with Crippen LogP contribution in [0.25, 0.3) is 0 Å². The van der Waals surface area contributed by atoms with E-state index >= 15 is 0 Å². The molecule has 20 heavy (non-hydrogen) atoms. The predicted octanol–water partition coefficient (Wildman–Crippen LogP) is 0.706. The van der Waals surface area contributed by atoms with Gasteiger partial charge in [0.1, 0.15) is 0 Å². The van der Waals surface area contributed by atoms with Crippen LogP contribution >= 0.6 is 0 Å². The number of aliphatic hydroxyl groups is 1. The van der Waals surface area contributed by atoms with Crippen molar-refractivity contribution in [2.45, 2.75) is 32.0 Å². The summed E-state index contributed by atoms with van der Waals surface area (Å²) in [6.07, 6.45) is 4.03. The quantitative estimate of drug-likeness (QED) is 0.854. The molecule has 1 aliphatic heterocycles. The smallest absolute Gasteiger partial charge is 0.318 e. The summed E-state index contributed by atoms with van der Waals surface area (Å²) in [4.78, 5) is 14.0. The Morgan fingerprint density at radius 2 is 2.45 bits per heavy atom. The van der Waals surface area contributed by atoms with Gasteiger partial charge >= 0.3 is 6.03 Å². The SMILES string of the molecule is C[C@@H](O)C[C@H]1COCCN1C(=O)NCc1ccn(C)c1. The lowest BCUT2D eigenvalue weighted by atomic mass is 10.1. The minimum atomic E-state index is -0.439. The molecule has 1 aromatic heterocycles. The van der Waals surface area contributed by atoms with Crippen LogP contribution < -0.4 is 5.32 Å². The zero-order valence-corrected chi connectivity index (χ0v) is 12.1. The van der Waals surface area contributed by atoms with E-state index in [1.807, 2.05) is 30.1 Å². The van der Waals surface area contributed by atoms with Crippen LogP contribution in [0.4, 0.5) is 4.79 Å². The first-order valence-corrected chi connectivity index (χ1v) is 6.97. The molecular formula is C14H23N3O3. The van der Waals surface area contributed by atoms with Gasteiger partial charge in [-0.2, -0.15) is 0 Å². The van der Waals surface area contributed by atoms with E-state index < -0.39 is 6.10 Å². The van der Waals surface area contributed by atoms with Crippen molar-refractivity contribution in [1.82, 2.24) is 14.8 Å². The summed E-state index contributed by atoms with van der Waals surface area (Å²) in [5.41, 5.74) is 1.07. The first kappa shape index (κ1) is 14.9. The Morgan fingerprint density at radius 1 is 1.65 bits per heavy atom. The molecule has 0 aromatic carbocycles. The molecule has 0 bridgehead atoms. The second-order valence-corrected chi connectivity index (χ2v) is 5.35. The highest BCUT2D eigenvalue weighted by atomic mass is 16.5. The molecule has 2 N–H and O–H groups in total. The molecule has 2 amide bonds. The summed E-state index contributed by atoms with van der Waals surface area (Å²) in [6.45, 7) is 3.85. The predicted molar refractivity (Wildman–Crippen MR) is 75.3 cm³/mol. The highest BCUT2D eigenvalue weighted by Gasteiger charge is 2.28. The number of urea groups is 1. The zero-order valence-electron chi connectivity index (χ0n) is 12.1. The molecule has 6 heteroatoms. The number of carbonyl (C=O) groups excluding carboxylic acids is 1. The molecule has 6 nitrogen and oxygen atoms in total. The van der Waals surface area contributed by atoms with Crippen molar-refractivity contribution < 1.29 is 14.6 Å². The monoisotopic (exact) mass is 281 g/mol. The molecule has 0 saturated carbocycles. The highest BCUT2D eigenvalue weighted by Crippen LogP contribution is 2.13. The molecule has 1 saturated heterocycles. The highest BCUT2D eigenvalue weighted by molar-refractivity contribution is 5.74. The van der Waals surface area contributed by atoms with Crippen molar-refractivity contribution in [1.29, 1.82) is 0 Å². The van der Waals surface area contributed by atoms with Gasteiger partial charge in [-0.3, -0.25) is 0 Å². The maximum atomic E-state index is 12.2. The number of nitrogens with zero attached hydrogens (tertiary/aromatic N) is 2. The third-order valence-electron chi connectivity index (χ3n) is 3.44. The van der Waals surface area contributed by atoms with Crippen molar-refractivity contribution in [2.24, 2.45) is 7.05 Å². The first-order valence-electron chi connectivity index (χ1n) is 6.97. The third kappa shape index (κ3) is 3.98. The summed E-state index contributed by atoms with van der Waals surface area (Å²) in [5, 5.41) is 12.4. The molecule has 1 aliphatic rings. The van der Waals surface area contributed by atoms with E-state index in [9.17, 15) is 9.90 Å². The number of nitrogens with one attached hydrogen (secondary N) is 1. The number of amides is 2. The van der Waals surface area contributed by atoms with Gasteiger partial charge in [-0.1, -0.05) is 0 Å². The number of hydrogen-bond donors (Lipinski definition) is 2. The number of hydrogen-bond acceptors (Lipinski definition) is 3. The lowest BCUT2D eigenvalue weighted by molar-refractivity contribution is -0.00437. The van der Waals surface area contributed by atoms with E-state index in [2.05, 4.69) is 5.32 Å². The average molecular weight is 281 g/mol. The molecule has 2 rings (SSSR count). The van der Waals surface area contributed by atoms with Gasteiger partial charge in [-0.15, -0.1) is 0 Å². The Kier molecular flexibility index (Phi) is 5.03. The van der Waals surface area contributed by atoms with E-state index in [1.165, 1.54) is 0 Å². The van der Waals surface area contributed by atoms with Gasteiger partial charge in [0.25, 0.3) is 0 Å². The Bertz CT molecular complexity index is 445. The third-order valence-corrected chi connectivity index (χ3v) is 3.44. The standard InChI is InChI=1S/C14H23N3O3/c1-11(18)7-13-10-20-6-5-17(13)14(19)15-8-12-3-4-16(2)9-12/h3-4,9,11,13,18H,5-8,10H2,1-2H3,(H,15,19)/t11-,13+/m1/s1. The van der Waals surface area contributed by atoms with Gasteiger partial charge in [0.05, 0.1) is 25.4 Å². The summed E-state index contributed by atoms with van der Waals surface area (Å²) in [7, 11) is 1.95. The van der Waals surface area contributed by atoms with Gasteiger partial charge in [-0.05, 0) is 25.0 Å². The fourth-order valence-electron chi connectivity index (χ4n) is 2.46. The Balaban J connectivity index is 1.88. The largest absolute Gasteiger partial charge is 0.393 e. The van der Waals surface area contributed by atoms with Crippen LogP contribution in [0.15, 0.2) is 18.5 Å². The second kappa shape index (κ2) is 6.76. The average Bonchev–Trinajstić information content (AvgIpc) is 2.82. The lowest BCUT2D eigenvalue weighted by Gasteiger charge is -2.36. The molecule has 0 unspecified atom stereocenters. The number of rotatable bonds is 4. The van der Waals surface area contributed by atoms with Gasteiger partial charge in [0.2, 0.25) is 0 Å². The molecule has 112 valence electrons. The minimum Gasteiger partial charge on any atom is -0.393 e. The van der Waals surface area contributed by atoms with Crippen molar-refractivity contribution in [3.8, 4) is 0 Å². The van der Waals surface area contributed by atoms with E-state index in [4.69, 9.17) is 4.74 Å². The first-order chi connectivity index (χ1) is 9.56. The summed E-state index contributed by atoms with van der Waals surface area (Å²) >= 11 is 0. The fourth-order valence-corrected chi connectivity index (χ4v) is 2.46. The maximum Gasteiger partial charge on any atom is 0.318 e. The number of aromatic nitrogens is 1. The number of carbonyl (C=O) groups is 1. The summed E-state index contributed by atoms with van der Waals surface area (Å²) in [6, 6.07) is 1.83. The van der Waals surface area contributed by atoms with Crippen LogP contribution in [0, 0.1) is 0 Å². The van der Waals surface area contributed by atoms with Crippen LogP contribution in [-0.2, 0) is 18.3 Å². The Hall–Kier alpha value is -1.53. The lowest BCUT2D eigenvalue weighted by Crippen LogP contribution is -2.53. The fraction of sp³-hybridized carbons (Fsp3) is 0.643. The van der Waals surface area contributed by atoms with Crippen LogP contribution in [-0.4, -0.2) is 52.5 Å². The molecular weight excluding hydrogens is 258 g/mol. The maximum absolute atomic E-state index is 12.2. The molecule has 1 aromatic rings. The summed E-state index contributed by atoms with van der Waals surface area (Å²) in [5.74, 6) is 0. The number of morpholine rings is 1. The van der Waals surface area contributed by atoms with Crippen LogP contribution in [0.2, 0.25) is 0 Å². The normalized spacial score (nSPS) is 20.8. The molecule has 0 aliphatic carbocycles. The van der Waals surface area contributed by atoms with Crippen molar-refractivity contribution >= 4 is 6.03 Å². The zero-order chi connectivity index (χ0) is 14.5. The van der Waals surface area contributed by atoms with Crippen LogP contribution in [0.3, 0.4) is 0 Å². The van der Waals surface area contributed by atoms with Gasteiger partial charge in [0.15, 0.2) is 0 Å². The van der Waals surface area contributed by atoms with E-state index in [-0.39, 0.29) is 12.1 Å². The number of aryl methyl sites for hydroxylation is 1.